The van der Waals surface area contributed by atoms with E-state index in [0.29, 0.717) is 11.9 Å². The van der Waals surface area contributed by atoms with Gasteiger partial charge in [0.25, 0.3) is 0 Å². The first kappa shape index (κ1) is 20.9. The molecule has 3 fully saturated rings. The largest absolute Gasteiger partial charge is 0.354 e. The van der Waals surface area contributed by atoms with Crippen molar-refractivity contribution < 1.29 is 4.79 Å². The number of nitrogens with zero attached hydrogens (tertiary/aromatic N) is 6. The maximum atomic E-state index is 13.5. The van der Waals surface area contributed by atoms with Gasteiger partial charge in [-0.3, -0.25) is 4.79 Å². The minimum atomic E-state index is 0.0570. The van der Waals surface area contributed by atoms with Crippen molar-refractivity contribution in [1.82, 2.24) is 24.2 Å². The van der Waals surface area contributed by atoms with Crippen molar-refractivity contribution in [3.63, 3.8) is 0 Å². The molecule has 174 valence electrons. The Hall–Kier alpha value is -2.67. The molecule has 3 aliphatic rings. The molecule has 6 heterocycles. The Morgan fingerprint density at radius 3 is 2.55 bits per heavy atom. The number of fused-ring (bicyclic) bond motifs is 3. The molecule has 0 aliphatic carbocycles. The zero-order valence-corrected chi connectivity index (χ0v) is 19.4. The zero-order valence-electron chi connectivity index (χ0n) is 19.4. The van der Waals surface area contributed by atoms with Gasteiger partial charge in [-0.05, 0) is 75.9 Å². The van der Waals surface area contributed by atoms with E-state index in [1.807, 2.05) is 6.07 Å². The van der Waals surface area contributed by atoms with Crippen LogP contribution in [0.5, 0.6) is 0 Å². The highest BCUT2D eigenvalue weighted by Gasteiger charge is 2.34. The van der Waals surface area contributed by atoms with Crippen LogP contribution in [-0.4, -0.2) is 75.4 Å². The number of rotatable bonds is 3. The van der Waals surface area contributed by atoms with Gasteiger partial charge < -0.3 is 19.1 Å². The van der Waals surface area contributed by atoms with Gasteiger partial charge >= 0.3 is 0 Å². The van der Waals surface area contributed by atoms with Gasteiger partial charge in [0.05, 0.1) is 17.0 Å². The molecule has 0 N–H and O–H groups in total. The number of carbonyl (C=O) groups excluding carboxylic acids is 1. The first-order valence-corrected chi connectivity index (χ1v) is 12.8. The molecule has 1 unspecified atom stereocenters. The fourth-order valence-electron chi connectivity index (χ4n) is 6.19. The average molecular weight is 447 g/mol. The fourth-order valence-corrected chi connectivity index (χ4v) is 6.19. The van der Waals surface area contributed by atoms with E-state index in [-0.39, 0.29) is 5.92 Å². The summed E-state index contributed by atoms with van der Waals surface area (Å²) in [6.07, 6.45) is 12.2. The molecular formula is C26H34N6O. The number of pyridine rings is 1. The summed E-state index contributed by atoms with van der Waals surface area (Å²) in [7, 11) is 0. The molecule has 3 aliphatic heterocycles. The number of anilines is 1. The Morgan fingerprint density at radius 1 is 0.879 bits per heavy atom. The maximum Gasteiger partial charge on any atom is 0.227 e. The molecule has 3 saturated heterocycles. The van der Waals surface area contributed by atoms with Crippen molar-refractivity contribution in [2.24, 2.45) is 5.92 Å². The van der Waals surface area contributed by atoms with Crippen molar-refractivity contribution in [2.75, 3.05) is 44.2 Å². The van der Waals surface area contributed by atoms with E-state index in [1.54, 1.807) is 6.20 Å². The second-order valence-corrected chi connectivity index (χ2v) is 9.98. The normalized spacial score (nSPS) is 23.5. The Balaban J connectivity index is 1.16. The number of hydrogen-bond donors (Lipinski definition) is 0. The van der Waals surface area contributed by atoms with Gasteiger partial charge in [0, 0.05) is 44.6 Å². The van der Waals surface area contributed by atoms with Crippen LogP contribution in [0.15, 0.2) is 36.7 Å². The third-order valence-electron chi connectivity index (χ3n) is 7.97. The summed E-state index contributed by atoms with van der Waals surface area (Å²) in [5.74, 6) is 1.36. The number of aromatic nitrogens is 3. The van der Waals surface area contributed by atoms with Gasteiger partial charge in [-0.2, -0.15) is 0 Å². The second-order valence-electron chi connectivity index (χ2n) is 9.98. The lowest BCUT2D eigenvalue weighted by Gasteiger charge is -2.42. The van der Waals surface area contributed by atoms with Gasteiger partial charge in [-0.15, -0.1) is 0 Å². The molecule has 0 spiro atoms. The number of likely N-dealkylation sites (tertiary alicyclic amines) is 2. The number of piperidine rings is 3. The molecule has 3 aromatic heterocycles. The molecular weight excluding hydrogens is 412 g/mol. The van der Waals surface area contributed by atoms with Gasteiger partial charge in [-0.1, -0.05) is 6.42 Å². The van der Waals surface area contributed by atoms with E-state index in [2.05, 4.69) is 48.5 Å². The SMILES string of the molecule is O=C(C1CCCN(c2nc3ncccc3n3cccc23)C1)N1CCC(N2CCCCC2)CC1. The minimum absolute atomic E-state index is 0.0570. The maximum absolute atomic E-state index is 13.5. The second kappa shape index (κ2) is 8.93. The summed E-state index contributed by atoms with van der Waals surface area (Å²) in [6.45, 7) is 6.01. The van der Waals surface area contributed by atoms with Crippen LogP contribution >= 0.6 is 0 Å². The quantitative estimate of drug-likeness (QED) is 0.616. The van der Waals surface area contributed by atoms with Crippen LogP contribution in [0.4, 0.5) is 5.82 Å². The summed E-state index contributed by atoms with van der Waals surface area (Å²) in [6, 6.07) is 8.86. The van der Waals surface area contributed by atoms with Crippen LogP contribution < -0.4 is 4.90 Å². The number of hydrogen-bond acceptors (Lipinski definition) is 5. The summed E-state index contributed by atoms with van der Waals surface area (Å²) in [5.41, 5.74) is 2.86. The lowest BCUT2D eigenvalue weighted by molar-refractivity contribution is -0.137. The van der Waals surface area contributed by atoms with Crippen LogP contribution in [0.3, 0.4) is 0 Å². The Morgan fingerprint density at radius 2 is 1.70 bits per heavy atom. The van der Waals surface area contributed by atoms with Crippen LogP contribution in [0, 0.1) is 5.92 Å². The predicted molar refractivity (Wildman–Crippen MR) is 130 cm³/mol. The highest BCUT2D eigenvalue weighted by molar-refractivity contribution is 5.84. The van der Waals surface area contributed by atoms with Crippen molar-refractivity contribution in [2.45, 2.75) is 51.0 Å². The van der Waals surface area contributed by atoms with E-state index in [0.717, 1.165) is 74.4 Å². The van der Waals surface area contributed by atoms with Crippen molar-refractivity contribution in [3.05, 3.63) is 36.7 Å². The Bertz CT molecular complexity index is 1130. The van der Waals surface area contributed by atoms with E-state index >= 15 is 0 Å². The monoisotopic (exact) mass is 446 g/mol. The first-order valence-electron chi connectivity index (χ1n) is 12.8. The van der Waals surface area contributed by atoms with Crippen LogP contribution in [0.2, 0.25) is 0 Å². The van der Waals surface area contributed by atoms with Crippen LogP contribution in [-0.2, 0) is 4.79 Å². The molecule has 0 aromatic carbocycles. The third-order valence-corrected chi connectivity index (χ3v) is 7.97. The molecule has 0 saturated carbocycles. The molecule has 0 radical (unpaired) electrons. The topological polar surface area (TPSA) is 57.0 Å². The molecule has 3 aromatic rings. The summed E-state index contributed by atoms with van der Waals surface area (Å²) in [5, 5.41) is 0. The average Bonchev–Trinajstić information content (AvgIpc) is 3.39. The smallest absolute Gasteiger partial charge is 0.227 e. The first-order chi connectivity index (χ1) is 16.3. The summed E-state index contributed by atoms with van der Waals surface area (Å²) >= 11 is 0. The van der Waals surface area contributed by atoms with Crippen LogP contribution in [0.1, 0.15) is 44.9 Å². The molecule has 0 bridgehead atoms. The standard InChI is InChI=1S/C26H34N6O/c33-26(30-17-10-21(11-18-30)29-13-2-1-3-14-29)20-7-5-15-31(19-20)25-23-9-6-16-32(23)22-8-4-12-27-24(22)28-25/h4,6,8-9,12,16,20-21H,1-3,5,7,10-11,13-15,17-19H2. The molecule has 7 heteroatoms. The number of carbonyl (C=O) groups is 1. The predicted octanol–water partition coefficient (Wildman–Crippen LogP) is 3.58. The molecule has 33 heavy (non-hydrogen) atoms. The fraction of sp³-hybridized carbons (Fsp3) is 0.577. The van der Waals surface area contributed by atoms with E-state index in [9.17, 15) is 4.79 Å². The summed E-state index contributed by atoms with van der Waals surface area (Å²) < 4.78 is 2.17. The van der Waals surface area contributed by atoms with Gasteiger partial charge in [-0.25, -0.2) is 9.97 Å². The zero-order chi connectivity index (χ0) is 22.2. The molecule has 1 atom stereocenters. The van der Waals surface area contributed by atoms with Crippen LogP contribution in [0.25, 0.3) is 16.7 Å². The Kier molecular flexibility index (Phi) is 5.66. The van der Waals surface area contributed by atoms with E-state index in [4.69, 9.17) is 4.98 Å². The highest BCUT2D eigenvalue weighted by Crippen LogP contribution is 2.30. The van der Waals surface area contributed by atoms with E-state index in [1.165, 1.54) is 32.4 Å². The van der Waals surface area contributed by atoms with Gasteiger partial charge in [0.15, 0.2) is 11.5 Å². The third kappa shape index (κ3) is 3.97. The van der Waals surface area contributed by atoms with Crippen molar-refractivity contribution in [3.8, 4) is 0 Å². The lowest BCUT2D eigenvalue weighted by Crippen LogP contribution is -2.51. The van der Waals surface area contributed by atoms with Crippen molar-refractivity contribution >= 4 is 28.4 Å². The van der Waals surface area contributed by atoms with E-state index < -0.39 is 0 Å². The number of amides is 1. The minimum Gasteiger partial charge on any atom is -0.354 e. The Labute approximate surface area is 195 Å². The molecule has 6 rings (SSSR count). The lowest BCUT2D eigenvalue weighted by atomic mass is 9.94. The molecule has 1 amide bonds. The van der Waals surface area contributed by atoms with Gasteiger partial charge in [0.2, 0.25) is 5.91 Å². The van der Waals surface area contributed by atoms with Crippen molar-refractivity contribution in [1.29, 1.82) is 0 Å². The van der Waals surface area contributed by atoms with Gasteiger partial charge in [0.1, 0.15) is 0 Å². The highest BCUT2D eigenvalue weighted by atomic mass is 16.2. The summed E-state index contributed by atoms with van der Waals surface area (Å²) in [4.78, 5) is 30.1. The molecule has 7 nitrogen and oxygen atoms in total.